The Morgan fingerprint density at radius 2 is 1.50 bits per heavy atom. The van der Waals surface area contributed by atoms with Gasteiger partial charge in [-0.25, -0.2) is 0 Å². The molecule has 0 aliphatic heterocycles. The average molecular weight is 226 g/mol. The molecule has 3 heteroatoms. The Balaban J connectivity index is 2.09. The van der Waals surface area contributed by atoms with Crippen molar-refractivity contribution in [2.24, 2.45) is 0 Å². The van der Waals surface area contributed by atoms with E-state index < -0.39 is 0 Å². The Morgan fingerprint density at radius 1 is 0.875 bits per heavy atom. The molecule has 0 atom stereocenters. The van der Waals surface area contributed by atoms with Crippen LogP contribution < -0.4 is 5.32 Å². The van der Waals surface area contributed by atoms with Crippen molar-refractivity contribution in [3.63, 3.8) is 0 Å². The minimum Gasteiger partial charge on any atom is -0.356 e. The molecule has 0 radical (unpaired) electrons. The van der Waals surface area contributed by atoms with Crippen LogP contribution in [0.4, 0.5) is 11.4 Å². The van der Waals surface area contributed by atoms with E-state index in [0.717, 1.165) is 16.3 Å². The maximum atomic E-state index is 8.52. The van der Waals surface area contributed by atoms with E-state index in [9.17, 15) is 0 Å². The summed E-state index contributed by atoms with van der Waals surface area (Å²) in [5.41, 5.74) is 2.08. The normalized spacial score (nSPS) is 9.44. The summed E-state index contributed by atoms with van der Waals surface area (Å²) in [5, 5.41) is 13.9. The van der Waals surface area contributed by atoms with Crippen molar-refractivity contribution >= 4 is 23.1 Å². The molecule has 78 valence electrons. The van der Waals surface area contributed by atoms with Crippen LogP contribution in [0, 0.1) is 10.7 Å². The molecule has 2 aromatic rings. The minimum atomic E-state index is 0.959. The van der Waals surface area contributed by atoms with E-state index in [-0.39, 0.29) is 0 Å². The van der Waals surface area contributed by atoms with Crippen LogP contribution in [0.15, 0.2) is 59.5 Å². The summed E-state index contributed by atoms with van der Waals surface area (Å²) >= 11 is 1.17. The topological polar surface area (TPSA) is 35.8 Å². The molecule has 0 saturated heterocycles. The summed E-state index contributed by atoms with van der Waals surface area (Å²) in [4.78, 5) is 0.959. The van der Waals surface area contributed by atoms with Crippen LogP contribution >= 0.6 is 11.8 Å². The molecule has 0 saturated carbocycles. The Kier molecular flexibility index (Phi) is 3.47. The Morgan fingerprint density at radius 3 is 2.12 bits per heavy atom. The molecule has 2 rings (SSSR count). The summed E-state index contributed by atoms with van der Waals surface area (Å²) in [5.74, 6) is 0. The van der Waals surface area contributed by atoms with Crippen LogP contribution in [0.1, 0.15) is 0 Å². The number of para-hydroxylation sites is 1. The molecular formula is C13H10N2S. The predicted octanol–water partition coefficient (Wildman–Crippen LogP) is 4.00. The summed E-state index contributed by atoms with van der Waals surface area (Å²) in [6.07, 6.45) is 0. The molecule has 0 aromatic heterocycles. The molecule has 0 spiro atoms. The van der Waals surface area contributed by atoms with Crippen LogP contribution in [0.2, 0.25) is 0 Å². The van der Waals surface area contributed by atoms with Gasteiger partial charge in [-0.1, -0.05) is 18.2 Å². The molecule has 0 bridgehead atoms. The van der Waals surface area contributed by atoms with Crippen LogP contribution in [0.5, 0.6) is 0 Å². The van der Waals surface area contributed by atoms with Crippen molar-refractivity contribution < 1.29 is 0 Å². The zero-order chi connectivity index (χ0) is 11.2. The second-order valence-corrected chi connectivity index (χ2v) is 4.07. The van der Waals surface area contributed by atoms with Crippen molar-refractivity contribution in [1.29, 1.82) is 5.26 Å². The highest BCUT2D eigenvalue weighted by Gasteiger charge is 1.95. The number of rotatable bonds is 3. The molecule has 1 N–H and O–H groups in total. The van der Waals surface area contributed by atoms with Crippen molar-refractivity contribution in [3.8, 4) is 5.40 Å². The zero-order valence-electron chi connectivity index (χ0n) is 8.55. The first-order valence-electron chi connectivity index (χ1n) is 4.86. The maximum Gasteiger partial charge on any atom is 0.138 e. The fraction of sp³-hybridized carbons (Fsp3) is 0. The number of hydrogen-bond donors (Lipinski definition) is 1. The van der Waals surface area contributed by atoms with Crippen LogP contribution in [-0.2, 0) is 0 Å². The number of hydrogen-bond acceptors (Lipinski definition) is 3. The molecule has 0 heterocycles. The lowest BCUT2D eigenvalue weighted by Crippen LogP contribution is -1.88. The first kappa shape index (κ1) is 10.6. The quantitative estimate of drug-likeness (QED) is 0.634. The number of nitrogens with one attached hydrogen (secondary N) is 1. The second kappa shape index (κ2) is 5.24. The van der Waals surface area contributed by atoms with Crippen LogP contribution in [-0.4, -0.2) is 0 Å². The van der Waals surface area contributed by atoms with Crippen molar-refractivity contribution in [2.45, 2.75) is 4.90 Å². The van der Waals surface area contributed by atoms with Gasteiger partial charge >= 0.3 is 0 Å². The standard InChI is InChI=1S/C13H10N2S/c14-10-16-13-8-6-12(7-9-13)15-11-4-2-1-3-5-11/h1-9,15H. The van der Waals surface area contributed by atoms with Gasteiger partial charge in [-0.05, 0) is 48.2 Å². The second-order valence-electron chi connectivity index (χ2n) is 3.21. The smallest absolute Gasteiger partial charge is 0.138 e. The molecule has 0 aliphatic rings. The van der Waals surface area contributed by atoms with Gasteiger partial charge in [0.05, 0.1) is 0 Å². The van der Waals surface area contributed by atoms with Crippen LogP contribution in [0.3, 0.4) is 0 Å². The number of thiocyanates is 1. The lowest BCUT2D eigenvalue weighted by Gasteiger charge is -2.05. The van der Waals surface area contributed by atoms with Gasteiger partial charge < -0.3 is 5.32 Å². The van der Waals surface area contributed by atoms with E-state index in [1.165, 1.54) is 11.8 Å². The van der Waals surface area contributed by atoms with E-state index in [0.29, 0.717) is 0 Å². The third-order valence-electron chi connectivity index (χ3n) is 2.08. The Labute approximate surface area is 98.9 Å². The van der Waals surface area contributed by atoms with Crippen molar-refractivity contribution in [3.05, 3.63) is 54.6 Å². The van der Waals surface area contributed by atoms with E-state index >= 15 is 0 Å². The number of nitriles is 1. The molecule has 0 aliphatic carbocycles. The zero-order valence-corrected chi connectivity index (χ0v) is 9.37. The average Bonchev–Trinajstić information content (AvgIpc) is 2.33. The van der Waals surface area contributed by atoms with Gasteiger partial charge in [0.1, 0.15) is 5.40 Å². The molecule has 2 nitrogen and oxygen atoms in total. The first-order valence-corrected chi connectivity index (χ1v) is 5.68. The Hall–Kier alpha value is -1.92. The number of nitrogens with zero attached hydrogens (tertiary/aromatic N) is 1. The van der Waals surface area contributed by atoms with Crippen molar-refractivity contribution in [1.82, 2.24) is 0 Å². The maximum absolute atomic E-state index is 8.52. The monoisotopic (exact) mass is 226 g/mol. The summed E-state index contributed by atoms with van der Waals surface area (Å²) in [6.45, 7) is 0. The Bertz CT molecular complexity index is 486. The molecule has 2 aromatic carbocycles. The lowest BCUT2D eigenvalue weighted by atomic mass is 10.3. The SMILES string of the molecule is N#CSc1ccc(Nc2ccccc2)cc1. The third-order valence-corrected chi connectivity index (χ3v) is 2.68. The molecule has 0 unspecified atom stereocenters. The molecule has 0 amide bonds. The number of thioether (sulfide) groups is 1. The molecule has 16 heavy (non-hydrogen) atoms. The van der Waals surface area contributed by atoms with E-state index in [1.807, 2.05) is 60.0 Å². The van der Waals surface area contributed by atoms with Gasteiger partial charge in [0.15, 0.2) is 0 Å². The highest BCUT2D eigenvalue weighted by molar-refractivity contribution is 8.03. The largest absolute Gasteiger partial charge is 0.356 e. The lowest BCUT2D eigenvalue weighted by molar-refractivity contribution is 1.44. The fourth-order valence-corrected chi connectivity index (χ4v) is 1.72. The van der Waals surface area contributed by atoms with Gasteiger partial charge in [-0.15, -0.1) is 0 Å². The number of benzene rings is 2. The van der Waals surface area contributed by atoms with Gasteiger partial charge in [0, 0.05) is 16.3 Å². The third kappa shape index (κ3) is 2.78. The first-order chi connectivity index (χ1) is 7.88. The fourth-order valence-electron chi connectivity index (χ4n) is 1.35. The van der Waals surface area contributed by atoms with Gasteiger partial charge in [-0.2, -0.15) is 5.26 Å². The minimum absolute atomic E-state index is 0.959. The highest BCUT2D eigenvalue weighted by atomic mass is 32.2. The summed E-state index contributed by atoms with van der Waals surface area (Å²) in [6, 6.07) is 17.8. The van der Waals surface area contributed by atoms with Crippen LogP contribution in [0.25, 0.3) is 0 Å². The van der Waals surface area contributed by atoms with E-state index in [2.05, 4.69) is 5.32 Å². The van der Waals surface area contributed by atoms with Crippen molar-refractivity contribution in [2.75, 3.05) is 5.32 Å². The highest BCUT2D eigenvalue weighted by Crippen LogP contribution is 2.21. The summed E-state index contributed by atoms with van der Waals surface area (Å²) in [7, 11) is 0. The molecular weight excluding hydrogens is 216 g/mol. The van der Waals surface area contributed by atoms with Gasteiger partial charge in [-0.3, -0.25) is 0 Å². The summed E-state index contributed by atoms with van der Waals surface area (Å²) < 4.78 is 0. The molecule has 0 fully saturated rings. The van der Waals surface area contributed by atoms with Gasteiger partial charge in [0.2, 0.25) is 0 Å². The number of anilines is 2. The van der Waals surface area contributed by atoms with E-state index in [4.69, 9.17) is 5.26 Å². The van der Waals surface area contributed by atoms with Gasteiger partial charge in [0.25, 0.3) is 0 Å². The predicted molar refractivity (Wildman–Crippen MR) is 67.6 cm³/mol. The van der Waals surface area contributed by atoms with E-state index in [1.54, 1.807) is 0 Å².